The van der Waals surface area contributed by atoms with Crippen LogP contribution in [-0.4, -0.2) is 55.4 Å². The fourth-order valence-electron chi connectivity index (χ4n) is 4.91. The van der Waals surface area contributed by atoms with Crippen LogP contribution in [0.2, 0.25) is 0 Å². The highest BCUT2D eigenvalue weighted by atomic mass is 19.1. The Balaban J connectivity index is 1.92. The second-order valence-corrected chi connectivity index (χ2v) is 9.68. The molecule has 1 saturated heterocycles. The van der Waals surface area contributed by atoms with Crippen LogP contribution in [0.1, 0.15) is 37.9 Å². The number of fused-ring (bicyclic) bond motifs is 1. The molecule has 3 N–H and O–H groups in total. The summed E-state index contributed by atoms with van der Waals surface area (Å²) >= 11 is 0. The van der Waals surface area contributed by atoms with Crippen LogP contribution in [0.4, 0.5) is 10.2 Å². The van der Waals surface area contributed by atoms with E-state index in [1.807, 2.05) is 32.6 Å². The number of aromatic nitrogens is 4. The average molecular weight is 505 g/mol. The maximum atomic E-state index is 15.7. The van der Waals surface area contributed by atoms with Crippen LogP contribution in [0.25, 0.3) is 28.0 Å². The van der Waals surface area contributed by atoms with Gasteiger partial charge in [0.25, 0.3) is 0 Å². The Morgan fingerprint density at radius 2 is 1.89 bits per heavy atom. The normalized spacial score (nSPS) is 16.1. The third-order valence-corrected chi connectivity index (χ3v) is 6.76. The Morgan fingerprint density at radius 1 is 1.16 bits per heavy atom. The van der Waals surface area contributed by atoms with Crippen molar-refractivity contribution in [2.75, 3.05) is 24.5 Å². The van der Waals surface area contributed by atoms with Gasteiger partial charge in [-0.3, -0.25) is 4.98 Å². The first-order chi connectivity index (χ1) is 17.7. The van der Waals surface area contributed by atoms with Crippen LogP contribution in [0, 0.1) is 12.7 Å². The van der Waals surface area contributed by atoms with Crippen LogP contribution in [0.3, 0.4) is 0 Å². The largest absolute Gasteiger partial charge is 0.507 e. The minimum absolute atomic E-state index is 0.0102. The molecular weight excluding hydrogens is 475 g/mol. The van der Waals surface area contributed by atoms with Gasteiger partial charge in [-0.1, -0.05) is 19.9 Å². The highest BCUT2D eigenvalue weighted by molar-refractivity contribution is 5.91. The van der Waals surface area contributed by atoms with E-state index in [9.17, 15) is 15.0 Å². The van der Waals surface area contributed by atoms with Crippen molar-refractivity contribution in [3.63, 3.8) is 0 Å². The van der Waals surface area contributed by atoms with Crippen molar-refractivity contribution in [2.45, 2.75) is 39.7 Å². The number of aryl methyl sites for hydroxylation is 1. The number of anilines is 1. The summed E-state index contributed by atoms with van der Waals surface area (Å²) in [4.78, 5) is 29.3. The van der Waals surface area contributed by atoms with Gasteiger partial charge in [0.05, 0.1) is 22.3 Å². The molecule has 1 fully saturated rings. The average Bonchev–Trinajstić information content (AvgIpc) is 2.85. The molecule has 0 amide bonds. The molecule has 3 aromatic heterocycles. The SMILES string of the molecule is Cc1ccnc(C(C)C)c1-n1c(=O)nc(N2CCNC[C@@H]2C)c2cc(F)c(-c3c(O)cccc3O)nc21. The van der Waals surface area contributed by atoms with Crippen LogP contribution in [-0.2, 0) is 0 Å². The monoisotopic (exact) mass is 504 g/mol. The zero-order valence-corrected chi connectivity index (χ0v) is 21.2. The molecule has 4 heterocycles. The second-order valence-electron chi connectivity index (χ2n) is 9.68. The third-order valence-electron chi connectivity index (χ3n) is 6.76. The second kappa shape index (κ2) is 9.44. The molecule has 0 bridgehead atoms. The lowest BCUT2D eigenvalue weighted by atomic mass is 10.0. The summed E-state index contributed by atoms with van der Waals surface area (Å²) < 4.78 is 17.1. The van der Waals surface area contributed by atoms with E-state index in [0.717, 1.165) is 5.56 Å². The van der Waals surface area contributed by atoms with E-state index in [0.29, 0.717) is 42.2 Å². The maximum absolute atomic E-state index is 15.7. The number of rotatable bonds is 4. The number of piperazine rings is 1. The summed E-state index contributed by atoms with van der Waals surface area (Å²) in [5.41, 5.74) is 1.16. The van der Waals surface area contributed by atoms with Gasteiger partial charge in [0.2, 0.25) is 0 Å². The Kier molecular flexibility index (Phi) is 6.28. The lowest BCUT2D eigenvalue weighted by Crippen LogP contribution is -2.50. The topological polar surface area (TPSA) is 116 Å². The number of aromatic hydroxyl groups is 2. The fourth-order valence-corrected chi connectivity index (χ4v) is 4.91. The van der Waals surface area contributed by atoms with Crippen molar-refractivity contribution in [2.24, 2.45) is 0 Å². The Labute approximate surface area is 213 Å². The molecule has 0 spiro atoms. The van der Waals surface area contributed by atoms with E-state index in [1.54, 1.807) is 12.3 Å². The van der Waals surface area contributed by atoms with Crippen molar-refractivity contribution < 1.29 is 14.6 Å². The van der Waals surface area contributed by atoms with Crippen molar-refractivity contribution in [3.8, 4) is 28.4 Å². The van der Waals surface area contributed by atoms with E-state index < -0.39 is 11.5 Å². The highest BCUT2D eigenvalue weighted by Crippen LogP contribution is 2.39. The molecule has 1 atom stereocenters. The number of halogens is 1. The van der Waals surface area contributed by atoms with Gasteiger partial charge < -0.3 is 20.4 Å². The predicted octanol–water partition coefficient (Wildman–Crippen LogP) is 3.62. The lowest BCUT2D eigenvalue weighted by Gasteiger charge is -2.35. The summed E-state index contributed by atoms with van der Waals surface area (Å²) in [5, 5.41) is 24.6. The summed E-state index contributed by atoms with van der Waals surface area (Å²) in [6.07, 6.45) is 1.68. The molecule has 9 nitrogen and oxygen atoms in total. The first-order valence-corrected chi connectivity index (χ1v) is 12.3. The minimum Gasteiger partial charge on any atom is -0.507 e. The van der Waals surface area contributed by atoms with E-state index in [1.165, 1.54) is 28.8 Å². The van der Waals surface area contributed by atoms with Crippen LogP contribution >= 0.6 is 0 Å². The highest BCUT2D eigenvalue weighted by Gasteiger charge is 2.28. The molecule has 10 heteroatoms. The van der Waals surface area contributed by atoms with Crippen molar-refractivity contribution >= 4 is 16.9 Å². The van der Waals surface area contributed by atoms with Crippen molar-refractivity contribution in [1.29, 1.82) is 0 Å². The van der Waals surface area contributed by atoms with Crippen LogP contribution < -0.4 is 15.9 Å². The summed E-state index contributed by atoms with van der Waals surface area (Å²) in [6.45, 7) is 9.78. The van der Waals surface area contributed by atoms with E-state index in [-0.39, 0.29) is 40.4 Å². The molecule has 5 rings (SSSR count). The standard InChI is InChI=1S/C27H29FN6O3/c1-14(2)22-24(15(3)8-9-30-22)34-26-17(25(32-27(34)37)33-11-10-29-13-16(33)4)12-18(28)23(31-26)21-19(35)6-5-7-20(21)36/h5-9,12,14,16,29,35-36H,10-11,13H2,1-4H3/t16-/m0/s1. The molecular formula is C27H29FN6O3. The summed E-state index contributed by atoms with van der Waals surface area (Å²) in [6, 6.07) is 7.22. The van der Waals surface area contributed by atoms with Gasteiger partial charge in [-0.2, -0.15) is 4.98 Å². The molecule has 0 aliphatic carbocycles. The van der Waals surface area contributed by atoms with Gasteiger partial charge in [0.15, 0.2) is 11.5 Å². The molecule has 4 aromatic rings. The number of hydrogen-bond donors (Lipinski definition) is 3. The quantitative estimate of drug-likeness (QED) is 0.386. The number of nitrogens with zero attached hydrogens (tertiary/aromatic N) is 5. The van der Waals surface area contributed by atoms with Crippen molar-refractivity contribution in [3.05, 3.63) is 64.1 Å². The molecule has 1 aromatic carbocycles. The maximum Gasteiger partial charge on any atom is 0.355 e. The van der Waals surface area contributed by atoms with Gasteiger partial charge >= 0.3 is 5.69 Å². The first kappa shape index (κ1) is 24.6. The van der Waals surface area contributed by atoms with E-state index >= 15 is 4.39 Å². The van der Waals surface area contributed by atoms with Gasteiger partial charge in [-0.25, -0.2) is 18.7 Å². The van der Waals surface area contributed by atoms with Gasteiger partial charge in [-0.05, 0) is 49.6 Å². The molecule has 0 radical (unpaired) electrons. The molecule has 1 aliphatic rings. The first-order valence-electron chi connectivity index (χ1n) is 12.3. The zero-order valence-electron chi connectivity index (χ0n) is 21.2. The number of benzene rings is 1. The number of nitrogens with one attached hydrogen (secondary N) is 1. The Hall–Kier alpha value is -4.05. The third kappa shape index (κ3) is 4.17. The van der Waals surface area contributed by atoms with Crippen LogP contribution in [0.5, 0.6) is 11.5 Å². The van der Waals surface area contributed by atoms with Crippen LogP contribution in [0.15, 0.2) is 41.3 Å². The predicted molar refractivity (Wildman–Crippen MR) is 140 cm³/mol. The number of phenolic OH excluding ortho intramolecular Hbond substituents is 2. The minimum atomic E-state index is -0.757. The Morgan fingerprint density at radius 3 is 2.57 bits per heavy atom. The number of phenols is 2. The summed E-state index contributed by atoms with van der Waals surface area (Å²) in [5.74, 6) is -1.09. The lowest BCUT2D eigenvalue weighted by molar-refractivity contribution is 0.453. The van der Waals surface area contributed by atoms with Gasteiger partial charge in [0, 0.05) is 31.9 Å². The number of hydrogen-bond acceptors (Lipinski definition) is 8. The molecule has 192 valence electrons. The summed E-state index contributed by atoms with van der Waals surface area (Å²) in [7, 11) is 0. The zero-order chi connectivity index (χ0) is 26.4. The van der Waals surface area contributed by atoms with Crippen molar-refractivity contribution in [1.82, 2.24) is 24.8 Å². The van der Waals surface area contributed by atoms with Gasteiger partial charge in [0.1, 0.15) is 23.0 Å². The number of pyridine rings is 2. The fraction of sp³-hybridized carbons (Fsp3) is 0.333. The molecule has 0 saturated carbocycles. The molecule has 0 unspecified atom stereocenters. The Bertz CT molecular complexity index is 1550. The molecule has 1 aliphatic heterocycles. The smallest absolute Gasteiger partial charge is 0.355 e. The van der Waals surface area contributed by atoms with E-state index in [4.69, 9.17) is 0 Å². The molecule has 37 heavy (non-hydrogen) atoms. The van der Waals surface area contributed by atoms with E-state index in [2.05, 4.69) is 20.3 Å². The van der Waals surface area contributed by atoms with Gasteiger partial charge in [-0.15, -0.1) is 0 Å².